The molecule has 2 atom stereocenters. The maximum absolute atomic E-state index is 12.5. The number of carbonyl (C=O) groups is 2. The van der Waals surface area contributed by atoms with Gasteiger partial charge in [0.05, 0.1) is 17.7 Å². The van der Waals surface area contributed by atoms with Crippen LogP contribution in [0.1, 0.15) is 49.2 Å². The molecule has 2 rings (SSSR count). The predicted molar refractivity (Wildman–Crippen MR) is 121 cm³/mol. The fourth-order valence-electron chi connectivity index (χ4n) is 2.85. The predicted octanol–water partition coefficient (Wildman–Crippen LogP) is 3.34. The van der Waals surface area contributed by atoms with E-state index in [9.17, 15) is 14.7 Å². The summed E-state index contributed by atoms with van der Waals surface area (Å²) < 4.78 is 5.32. The van der Waals surface area contributed by atoms with Crippen LogP contribution in [0.15, 0.2) is 55.4 Å². The minimum absolute atomic E-state index is 0.0522. The first kappa shape index (κ1) is 24.1. The molecule has 0 aliphatic heterocycles. The summed E-state index contributed by atoms with van der Waals surface area (Å²) in [5, 5.41) is 16.2. The zero-order valence-corrected chi connectivity index (χ0v) is 18.5. The largest absolute Gasteiger partial charge is 0.444 e. The van der Waals surface area contributed by atoms with Crippen molar-refractivity contribution in [3.63, 3.8) is 0 Å². The summed E-state index contributed by atoms with van der Waals surface area (Å²) in [5.41, 5.74) is 2.20. The Hall–Kier alpha value is -3.19. The zero-order valence-electron chi connectivity index (χ0n) is 18.5. The van der Waals surface area contributed by atoms with E-state index in [1.54, 1.807) is 33.0 Å². The lowest BCUT2D eigenvalue weighted by atomic mass is 10.0. The van der Waals surface area contributed by atoms with Crippen LogP contribution in [0.2, 0.25) is 0 Å². The van der Waals surface area contributed by atoms with E-state index in [4.69, 9.17) is 4.74 Å². The minimum Gasteiger partial charge on any atom is -0.444 e. The highest BCUT2D eigenvalue weighted by atomic mass is 16.6. The molecule has 7 heteroatoms. The fraction of sp³-hybridized carbons (Fsp3) is 0.375. The third-order valence-corrected chi connectivity index (χ3v) is 4.43. The van der Waals surface area contributed by atoms with Gasteiger partial charge in [0, 0.05) is 18.9 Å². The van der Waals surface area contributed by atoms with E-state index in [2.05, 4.69) is 22.2 Å². The molecule has 1 aromatic carbocycles. The number of benzene rings is 1. The number of nitrogens with zero attached hydrogens (tertiary/aromatic N) is 1. The number of allylic oxidation sites excluding steroid dienone is 1. The molecule has 2 aromatic rings. The number of hydrogen-bond acceptors (Lipinski definition) is 5. The zero-order chi connectivity index (χ0) is 23.0. The van der Waals surface area contributed by atoms with Crippen molar-refractivity contribution in [3.05, 3.63) is 72.1 Å². The van der Waals surface area contributed by atoms with Gasteiger partial charge in [0.2, 0.25) is 0 Å². The number of aliphatic hydroxyl groups excluding tert-OH is 1. The highest BCUT2D eigenvalue weighted by molar-refractivity contribution is 5.94. The maximum atomic E-state index is 12.5. The van der Waals surface area contributed by atoms with Gasteiger partial charge in [0.1, 0.15) is 5.60 Å². The van der Waals surface area contributed by atoms with Crippen LogP contribution < -0.4 is 10.6 Å². The van der Waals surface area contributed by atoms with Crippen LogP contribution in [0.5, 0.6) is 0 Å². The van der Waals surface area contributed by atoms with Crippen LogP contribution in [0.3, 0.4) is 0 Å². The van der Waals surface area contributed by atoms with Gasteiger partial charge in [-0.05, 0) is 56.9 Å². The average molecular weight is 426 g/mol. The second kappa shape index (κ2) is 10.7. The lowest BCUT2D eigenvalue weighted by Gasteiger charge is -2.27. The van der Waals surface area contributed by atoms with E-state index in [-0.39, 0.29) is 12.5 Å². The molecule has 1 aromatic heterocycles. The molecule has 166 valence electrons. The molecule has 0 radical (unpaired) electrons. The molecule has 3 N–H and O–H groups in total. The molecule has 31 heavy (non-hydrogen) atoms. The second-order valence-electron chi connectivity index (χ2n) is 8.46. The molecule has 0 spiro atoms. The molecule has 1 heterocycles. The Labute approximate surface area is 183 Å². The molecular weight excluding hydrogens is 394 g/mol. The van der Waals surface area contributed by atoms with E-state index in [1.807, 2.05) is 37.3 Å². The van der Waals surface area contributed by atoms with Crippen molar-refractivity contribution in [3.8, 4) is 0 Å². The SMILES string of the molecule is C=C(C)c1cncc(C(=O)NCC(O)C(Cc2ccccc2)NC(=O)OC(C)(C)C)c1. The van der Waals surface area contributed by atoms with Crippen molar-refractivity contribution < 1.29 is 19.4 Å². The minimum atomic E-state index is -1.03. The molecule has 0 fully saturated rings. The summed E-state index contributed by atoms with van der Waals surface area (Å²) >= 11 is 0. The van der Waals surface area contributed by atoms with Crippen molar-refractivity contribution in [2.45, 2.75) is 51.9 Å². The number of nitrogens with one attached hydrogen (secondary N) is 2. The van der Waals surface area contributed by atoms with Gasteiger partial charge >= 0.3 is 6.09 Å². The van der Waals surface area contributed by atoms with Crippen LogP contribution in [0, 0.1) is 0 Å². The van der Waals surface area contributed by atoms with Crippen molar-refractivity contribution in [1.82, 2.24) is 15.6 Å². The molecule has 7 nitrogen and oxygen atoms in total. The summed E-state index contributed by atoms with van der Waals surface area (Å²) in [6.45, 7) is 10.9. The molecule has 0 saturated heterocycles. The molecule has 2 unspecified atom stereocenters. The van der Waals surface area contributed by atoms with E-state index in [1.165, 1.54) is 6.20 Å². The van der Waals surface area contributed by atoms with Gasteiger partial charge in [0.25, 0.3) is 5.91 Å². The smallest absolute Gasteiger partial charge is 0.407 e. The standard InChI is InChI=1S/C24H31N3O4/c1-16(2)18-12-19(14-25-13-18)22(29)26-15-21(28)20(11-17-9-7-6-8-10-17)27-23(30)31-24(3,4)5/h6-10,12-14,20-21,28H,1,11,15H2,2-5H3,(H,26,29)(H,27,30). The number of rotatable bonds is 8. The van der Waals surface area contributed by atoms with Gasteiger partial charge in [-0.1, -0.05) is 36.9 Å². The first-order valence-electron chi connectivity index (χ1n) is 10.2. The molecule has 2 amide bonds. The fourth-order valence-corrected chi connectivity index (χ4v) is 2.85. The van der Waals surface area contributed by atoms with E-state index < -0.39 is 23.8 Å². The van der Waals surface area contributed by atoms with Crippen molar-refractivity contribution in [1.29, 1.82) is 0 Å². The van der Waals surface area contributed by atoms with Crippen LogP contribution in [0.4, 0.5) is 4.79 Å². The van der Waals surface area contributed by atoms with Crippen molar-refractivity contribution >= 4 is 17.6 Å². The molecular formula is C24H31N3O4. The number of carbonyl (C=O) groups excluding carboxylic acids is 2. The third-order valence-electron chi connectivity index (χ3n) is 4.43. The topological polar surface area (TPSA) is 101 Å². The van der Waals surface area contributed by atoms with Gasteiger partial charge in [0.15, 0.2) is 0 Å². The number of aromatic nitrogens is 1. The van der Waals surface area contributed by atoms with Gasteiger partial charge < -0.3 is 20.5 Å². The average Bonchev–Trinajstić information content (AvgIpc) is 2.70. The molecule has 0 saturated carbocycles. The highest BCUT2D eigenvalue weighted by Crippen LogP contribution is 2.12. The lowest BCUT2D eigenvalue weighted by Crippen LogP contribution is -2.50. The van der Waals surface area contributed by atoms with Crippen LogP contribution in [-0.4, -0.2) is 46.4 Å². The number of ether oxygens (including phenoxy) is 1. The number of alkyl carbamates (subject to hydrolysis) is 1. The van der Waals surface area contributed by atoms with Gasteiger partial charge in [-0.15, -0.1) is 0 Å². The highest BCUT2D eigenvalue weighted by Gasteiger charge is 2.25. The van der Waals surface area contributed by atoms with Crippen LogP contribution in [0.25, 0.3) is 5.57 Å². The Balaban J connectivity index is 2.06. The Morgan fingerprint density at radius 1 is 1.16 bits per heavy atom. The van der Waals surface area contributed by atoms with Crippen molar-refractivity contribution in [2.75, 3.05) is 6.54 Å². The second-order valence-corrected chi connectivity index (χ2v) is 8.46. The summed E-state index contributed by atoms with van der Waals surface area (Å²) in [4.78, 5) is 28.8. The maximum Gasteiger partial charge on any atom is 0.407 e. The normalized spacial score (nSPS) is 13.1. The van der Waals surface area contributed by atoms with E-state index in [0.717, 1.165) is 16.7 Å². The summed E-state index contributed by atoms with van der Waals surface area (Å²) in [7, 11) is 0. The summed E-state index contributed by atoms with van der Waals surface area (Å²) in [6.07, 6.45) is 1.80. The number of hydrogen-bond donors (Lipinski definition) is 3. The number of aliphatic hydroxyl groups is 1. The van der Waals surface area contributed by atoms with Gasteiger partial charge in [-0.3, -0.25) is 9.78 Å². The van der Waals surface area contributed by atoms with Gasteiger partial charge in [-0.2, -0.15) is 0 Å². The third kappa shape index (κ3) is 8.22. The molecule has 0 aliphatic carbocycles. The quantitative estimate of drug-likeness (QED) is 0.602. The van der Waals surface area contributed by atoms with Crippen molar-refractivity contribution in [2.24, 2.45) is 0 Å². The first-order chi connectivity index (χ1) is 14.5. The summed E-state index contributed by atoms with van der Waals surface area (Å²) in [6, 6.07) is 10.5. The molecule has 0 aliphatic rings. The summed E-state index contributed by atoms with van der Waals surface area (Å²) in [5.74, 6) is -0.370. The monoisotopic (exact) mass is 425 g/mol. The van der Waals surface area contributed by atoms with Crippen LogP contribution >= 0.6 is 0 Å². The van der Waals surface area contributed by atoms with E-state index in [0.29, 0.717) is 12.0 Å². The van der Waals surface area contributed by atoms with Crippen LogP contribution in [-0.2, 0) is 11.2 Å². The van der Waals surface area contributed by atoms with E-state index >= 15 is 0 Å². The Bertz CT molecular complexity index is 907. The lowest BCUT2D eigenvalue weighted by molar-refractivity contribution is 0.0422. The Morgan fingerprint density at radius 3 is 2.42 bits per heavy atom. The molecule has 0 bridgehead atoms. The number of pyridine rings is 1. The Kier molecular flexibility index (Phi) is 8.33. The number of amides is 2. The van der Waals surface area contributed by atoms with Gasteiger partial charge in [-0.25, -0.2) is 4.79 Å². The Morgan fingerprint density at radius 2 is 1.81 bits per heavy atom. The first-order valence-corrected chi connectivity index (χ1v) is 10.2.